The molecule has 1 N–H and O–H groups in total. The Kier molecular flexibility index (Phi) is 5.25. The number of hydrogen-bond acceptors (Lipinski definition) is 5. The third kappa shape index (κ3) is 4.00. The van der Waals surface area contributed by atoms with Crippen molar-refractivity contribution in [2.24, 2.45) is 0 Å². The maximum Gasteiger partial charge on any atom is 0.312 e. The average Bonchev–Trinajstić information content (AvgIpc) is 2.94. The summed E-state index contributed by atoms with van der Waals surface area (Å²) in [5, 5.41) is 18.2. The lowest BCUT2D eigenvalue weighted by molar-refractivity contribution is -0.386. The van der Waals surface area contributed by atoms with Gasteiger partial charge >= 0.3 is 5.69 Å². The number of aromatic nitrogens is 3. The molecule has 0 radical (unpaired) electrons. The van der Waals surface area contributed by atoms with Crippen LogP contribution in [-0.2, 0) is 11.3 Å². The predicted octanol–water partition coefficient (Wildman–Crippen LogP) is 2.71. The number of carbonyl (C=O) groups excluding carboxylic acids is 1. The molecule has 0 bridgehead atoms. The maximum absolute atomic E-state index is 12.6. The molecule has 0 spiro atoms. The number of hydrogen-bond donors (Lipinski definition) is 1. The quantitative estimate of drug-likeness (QED) is 0.534. The van der Waals surface area contributed by atoms with Crippen molar-refractivity contribution >= 4 is 11.6 Å². The number of carbonyl (C=O) groups is 1. The fourth-order valence-corrected chi connectivity index (χ4v) is 2.97. The van der Waals surface area contributed by atoms with Gasteiger partial charge in [0.2, 0.25) is 5.91 Å². The van der Waals surface area contributed by atoms with E-state index >= 15 is 0 Å². The number of nitrogens with zero attached hydrogens (tertiary/aromatic N) is 4. The van der Waals surface area contributed by atoms with E-state index in [-0.39, 0.29) is 23.8 Å². The monoisotopic (exact) mass is 365 g/mol. The van der Waals surface area contributed by atoms with Crippen molar-refractivity contribution in [1.29, 1.82) is 0 Å². The Morgan fingerprint density at radius 3 is 2.48 bits per heavy atom. The summed E-state index contributed by atoms with van der Waals surface area (Å²) >= 11 is 0. The minimum absolute atomic E-state index is 0.0628. The fraction of sp³-hybridized carbons (Fsp3) is 0.211. The molecule has 27 heavy (non-hydrogen) atoms. The first-order chi connectivity index (χ1) is 13.0. The lowest BCUT2D eigenvalue weighted by Gasteiger charge is -2.19. The molecule has 0 aliphatic rings. The van der Waals surface area contributed by atoms with Crippen LogP contribution in [0.5, 0.6) is 0 Å². The lowest BCUT2D eigenvalue weighted by Crippen LogP contribution is -2.33. The van der Waals surface area contributed by atoms with Crippen LogP contribution in [0.15, 0.2) is 54.7 Å². The summed E-state index contributed by atoms with van der Waals surface area (Å²) in [7, 11) is 0. The molecule has 3 aromatic rings. The van der Waals surface area contributed by atoms with Crippen LogP contribution in [0.25, 0.3) is 0 Å². The normalized spacial score (nSPS) is 11.8. The second-order valence-electron chi connectivity index (χ2n) is 6.10. The van der Waals surface area contributed by atoms with Crippen LogP contribution in [0.3, 0.4) is 0 Å². The van der Waals surface area contributed by atoms with E-state index in [0.29, 0.717) is 11.4 Å². The third-order valence-corrected chi connectivity index (χ3v) is 4.24. The number of rotatable bonds is 6. The number of amides is 1. The highest BCUT2D eigenvalue weighted by molar-refractivity contribution is 5.77. The van der Waals surface area contributed by atoms with Crippen LogP contribution in [0, 0.1) is 24.0 Å². The summed E-state index contributed by atoms with van der Waals surface area (Å²) in [4.78, 5) is 27.6. The molecule has 1 amide bonds. The van der Waals surface area contributed by atoms with E-state index in [1.807, 2.05) is 48.5 Å². The van der Waals surface area contributed by atoms with Gasteiger partial charge in [-0.15, -0.1) is 0 Å². The van der Waals surface area contributed by atoms with E-state index in [4.69, 9.17) is 0 Å². The van der Waals surface area contributed by atoms with Gasteiger partial charge in [0.25, 0.3) is 0 Å². The van der Waals surface area contributed by atoms with Crippen LogP contribution in [0.2, 0.25) is 0 Å². The lowest BCUT2D eigenvalue weighted by atomic mass is 10.0. The third-order valence-electron chi connectivity index (χ3n) is 4.24. The molecule has 0 saturated heterocycles. The van der Waals surface area contributed by atoms with Crippen LogP contribution in [0.4, 0.5) is 5.69 Å². The van der Waals surface area contributed by atoms with E-state index in [1.54, 1.807) is 20.0 Å². The van der Waals surface area contributed by atoms with Crippen LogP contribution >= 0.6 is 0 Å². The van der Waals surface area contributed by atoms with Crippen LogP contribution < -0.4 is 5.32 Å². The zero-order chi connectivity index (χ0) is 19.4. The van der Waals surface area contributed by atoms with Gasteiger partial charge < -0.3 is 5.32 Å². The smallest absolute Gasteiger partial charge is 0.312 e. The van der Waals surface area contributed by atoms with Gasteiger partial charge in [0.15, 0.2) is 0 Å². The van der Waals surface area contributed by atoms with Crippen molar-refractivity contribution in [3.8, 4) is 0 Å². The summed E-state index contributed by atoms with van der Waals surface area (Å²) in [5.41, 5.74) is 2.17. The molecule has 138 valence electrons. The van der Waals surface area contributed by atoms with E-state index in [1.165, 1.54) is 4.68 Å². The zero-order valence-electron chi connectivity index (χ0n) is 15.0. The topological polar surface area (TPSA) is 103 Å². The molecule has 0 fully saturated rings. The van der Waals surface area contributed by atoms with Crippen molar-refractivity contribution in [2.75, 3.05) is 0 Å². The minimum atomic E-state index is -0.479. The molecule has 1 atom stereocenters. The Morgan fingerprint density at radius 1 is 1.19 bits per heavy atom. The molecule has 2 heterocycles. The highest BCUT2D eigenvalue weighted by atomic mass is 16.6. The van der Waals surface area contributed by atoms with Crippen molar-refractivity contribution in [1.82, 2.24) is 20.1 Å². The molecule has 1 unspecified atom stereocenters. The number of aryl methyl sites for hydroxylation is 1. The van der Waals surface area contributed by atoms with E-state index < -0.39 is 11.0 Å². The highest BCUT2D eigenvalue weighted by Crippen LogP contribution is 2.22. The molecule has 0 aliphatic heterocycles. The fourth-order valence-electron chi connectivity index (χ4n) is 2.97. The molecule has 2 aromatic heterocycles. The SMILES string of the molecule is Cc1nn(CC(=O)NC(c2ccccc2)c2ccccn2)c(C)c1[N+](=O)[O-]. The molecular formula is C19H19N5O3. The Labute approximate surface area is 156 Å². The summed E-state index contributed by atoms with van der Waals surface area (Å²) in [6, 6.07) is 14.6. The van der Waals surface area contributed by atoms with E-state index in [0.717, 1.165) is 5.56 Å². The summed E-state index contributed by atoms with van der Waals surface area (Å²) in [6.07, 6.45) is 1.67. The molecular weight excluding hydrogens is 346 g/mol. The van der Waals surface area contributed by atoms with Gasteiger partial charge in [0.05, 0.1) is 16.7 Å². The Balaban J connectivity index is 1.84. The number of nitrogens with one attached hydrogen (secondary N) is 1. The second kappa shape index (κ2) is 7.77. The van der Waals surface area contributed by atoms with Gasteiger partial charge in [-0.2, -0.15) is 5.10 Å². The first kappa shape index (κ1) is 18.2. The Bertz CT molecular complexity index is 915. The standard InChI is InChI=1S/C19H19N5O3/c1-13-19(24(26)27)14(2)23(22-13)12-17(25)21-18(15-8-4-3-5-9-15)16-10-6-7-11-20-16/h3-11,18H,12H2,1-2H3,(H,21,25). The average molecular weight is 365 g/mol. The van der Waals surface area contributed by atoms with Crippen LogP contribution in [0.1, 0.15) is 28.7 Å². The Hall–Kier alpha value is -3.55. The molecule has 3 rings (SSSR count). The van der Waals surface area contributed by atoms with Gasteiger partial charge in [-0.1, -0.05) is 36.4 Å². The largest absolute Gasteiger partial charge is 0.342 e. The van der Waals surface area contributed by atoms with Crippen molar-refractivity contribution in [3.05, 3.63) is 87.5 Å². The molecule has 8 nitrogen and oxygen atoms in total. The molecule has 0 saturated carbocycles. The molecule has 8 heteroatoms. The van der Waals surface area contributed by atoms with Gasteiger partial charge in [0.1, 0.15) is 17.9 Å². The first-order valence-corrected chi connectivity index (χ1v) is 8.41. The van der Waals surface area contributed by atoms with Gasteiger partial charge in [-0.05, 0) is 31.5 Å². The van der Waals surface area contributed by atoms with Gasteiger partial charge in [0, 0.05) is 6.20 Å². The highest BCUT2D eigenvalue weighted by Gasteiger charge is 2.24. The number of pyridine rings is 1. The zero-order valence-corrected chi connectivity index (χ0v) is 15.0. The Morgan fingerprint density at radius 2 is 1.89 bits per heavy atom. The summed E-state index contributed by atoms with van der Waals surface area (Å²) < 4.78 is 1.35. The summed E-state index contributed by atoms with van der Waals surface area (Å²) in [5.74, 6) is -0.310. The molecule has 1 aromatic carbocycles. The van der Waals surface area contributed by atoms with E-state index in [9.17, 15) is 14.9 Å². The van der Waals surface area contributed by atoms with Gasteiger partial charge in [-0.25, -0.2) is 0 Å². The molecule has 0 aliphatic carbocycles. The number of benzene rings is 1. The number of nitro groups is 1. The predicted molar refractivity (Wildman–Crippen MR) is 99.0 cm³/mol. The minimum Gasteiger partial charge on any atom is -0.342 e. The van der Waals surface area contributed by atoms with Crippen LogP contribution in [-0.4, -0.2) is 25.6 Å². The van der Waals surface area contributed by atoms with Crippen molar-refractivity contribution in [2.45, 2.75) is 26.4 Å². The second-order valence-corrected chi connectivity index (χ2v) is 6.10. The van der Waals surface area contributed by atoms with Crippen molar-refractivity contribution < 1.29 is 9.72 Å². The van der Waals surface area contributed by atoms with Crippen molar-refractivity contribution in [3.63, 3.8) is 0 Å². The maximum atomic E-state index is 12.6. The summed E-state index contributed by atoms with van der Waals surface area (Å²) in [6.45, 7) is 3.02. The van der Waals surface area contributed by atoms with Gasteiger partial charge in [-0.3, -0.25) is 24.6 Å². The van der Waals surface area contributed by atoms with E-state index in [2.05, 4.69) is 15.4 Å². The first-order valence-electron chi connectivity index (χ1n) is 8.41.